The number of aromatic nitrogens is 1. The zero-order chi connectivity index (χ0) is 23.3. The molecule has 0 saturated heterocycles. The van der Waals surface area contributed by atoms with Crippen molar-refractivity contribution in [2.45, 2.75) is 12.5 Å². The van der Waals surface area contributed by atoms with Crippen LogP contribution in [0.25, 0.3) is 11.1 Å². The van der Waals surface area contributed by atoms with Gasteiger partial charge < -0.3 is 15.8 Å². The van der Waals surface area contributed by atoms with Gasteiger partial charge in [0.05, 0.1) is 7.11 Å². The van der Waals surface area contributed by atoms with Crippen molar-refractivity contribution < 1.29 is 23.1 Å². The highest BCUT2D eigenvalue weighted by atomic mass is 19.1. The van der Waals surface area contributed by atoms with E-state index in [1.165, 1.54) is 49.8 Å². The summed E-state index contributed by atoms with van der Waals surface area (Å²) >= 11 is 0. The number of rotatable bonds is 7. The van der Waals surface area contributed by atoms with E-state index in [1.807, 2.05) is 6.92 Å². The van der Waals surface area contributed by atoms with Gasteiger partial charge in [-0.1, -0.05) is 6.07 Å². The lowest BCUT2D eigenvalue weighted by Gasteiger charge is -2.26. The van der Waals surface area contributed by atoms with Gasteiger partial charge in [0.25, 0.3) is 5.91 Å². The average molecular weight is 441 g/mol. The van der Waals surface area contributed by atoms with E-state index >= 15 is 0 Å². The molecule has 2 aromatic rings. The van der Waals surface area contributed by atoms with Crippen LogP contribution < -0.4 is 16.4 Å². The Labute approximate surface area is 182 Å². The second kappa shape index (κ2) is 9.38. The highest BCUT2D eigenvalue weighted by Crippen LogP contribution is 2.40. The number of halogens is 2. The summed E-state index contributed by atoms with van der Waals surface area (Å²) in [5.41, 5.74) is 4.27. The van der Waals surface area contributed by atoms with E-state index in [2.05, 4.69) is 25.3 Å². The Kier molecular flexibility index (Phi) is 6.62. The third-order valence-electron chi connectivity index (χ3n) is 4.77. The molecule has 1 atom stereocenters. The monoisotopic (exact) mass is 441 g/mol. The van der Waals surface area contributed by atoms with Gasteiger partial charge in [0.2, 0.25) is 5.95 Å². The number of guanidine groups is 1. The van der Waals surface area contributed by atoms with E-state index in [9.17, 15) is 18.4 Å². The van der Waals surface area contributed by atoms with Crippen LogP contribution in [0.1, 0.15) is 12.5 Å². The Morgan fingerprint density at radius 1 is 1.28 bits per heavy atom. The third-order valence-corrected chi connectivity index (χ3v) is 4.77. The number of carbonyl (C=O) groups is 2. The summed E-state index contributed by atoms with van der Waals surface area (Å²) in [6, 6.07) is 6.60. The van der Waals surface area contributed by atoms with Crippen LogP contribution in [0.5, 0.6) is 0 Å². The maximum absolute atomic E-state index is 14.7. The van der Waals surface area contributed by atoms with Gasteiger partial charge in [0.1, 0.15) is 5.82 Å². The molecule has 3 rings (SSSR count). The minimum absolute atomic E-state index is 0.0836. The zero-order valence-corrected chi connectivity index (χ0v) is 17.4. The van der Waals surface area contributed by atoms with Gasteiger partial charge >= 0.3 is 5.97 Å². The molecule has 0 saturated carbocycles. The molecule has 0 fully saturated rings. The summed E-state index contributed by atoms with van der Waals surface area (Å²) in [6.07, 6.45) is 5.21. The highest BCUT2D eigenvalue weighted by molar-refractivity contribution is 6.09. The number of esters is 1. The molecule has 166 valence electrons. The van der Waals surface area contributed by atoms with Crippen LogP contribution in [0.2, 0.25) is 0 Å². The zero-order valence-electron chi connectivity index (χ0n) is 17.4. The first kappa shape index (κ1) is 22.6. The van der Waals surface area contributed by atoms with Crippen LogP contribution in [-0.4, -0.2) is 36.5 Å². The number of benzene rings is 1. The standard InChI is InChI=1S/C22H21F2N5O3/c1-3-26-12-14(7-9-18(30)32-2)22(20(31)28-21(25)29-22)13-6-8-17(23)16(11-13)15-5-4-10-27-19(15)24/h4-12,26H,3H2,1-2H3,(H3,25,28,29,31)/b9-7+,14-12+. The molecule has 1 unspecified atom stereocenters. The first-order valence-electron chi connectivity index (χ1n) is 9.61. The molecule has 10 heteroatoms. The summed E-state index contributed by atoms with van der Waals surface area (Å²) in [5.74, 6) is -3.03. The number of nitrogens with one attached hydrogen (secondary N) is 2. The number of carbonyl (C=O) groups excluding carboxylic acids is 2. The Morgan fingerprint density at radius 2 is 2.06 bits per heavy atom. The fraction of sp³-hybridized carbons (Fsp3) is 0.182. The molecular formula is C22H21F2N5O3. The Balaban J connectivity index is 2.26. The maximum atomic E-state index is 14.7. The molecule has 1 aliphatic heterocycles. The van der Waals surface area contributed by atoms with Gasteiger partial charge in [0, 0.05) is 41.7 Å². The second-order valence-corrected chi connectivity index (χ2v) is 6.71. The molecule has 1 aliphatic rings. The van der Waals surface area contributed by atoms with Gasteiger partial charge in [-0.05, 0) is 42.8 Å². The van der Waals surface area contributed by atoms with Crippen molar-refractivity contribution in [3.8, 4) is 11.1 Å². The number of hydrogen-bond donors (Lipinski definition) is 3. The highest BCUT2D eigenvalue weighted by Gasteiger charge is 2.48. The first-order valence-corrected chi connectivity index (χ1v) is 9.61. The summed E-state index contributed by atoms with van der Waals surface area (Å²) in [4.78, 5) is 32.7. The van der Waals surface area contributed by atoms with E-state index in [4.69, 9.17) is 5.73 Å². The minimum Gasteiger partial charge on any atom is -0.466 e. The molecule has 2 heterocycles. The number of pyridine rings is 1. The SMILES string of the molecule is CCN/C=C(\C=C\C(=O)OC)C1(c2ccc(F)c(-c3cccnc3F)c2)N=C(N)NC1=O. The molecule has 0 bridgehead atoms. The lowest BCUT2D eigenvalue weighted by Crippen LogP contribution is -2.40. The lowest BCUT2D eigenvalue weighted by molar-refractivity contribution is -0.134. The van der Waals surface area contributed by atoms with Crippen molar-refractivity contribution in [1.29, 1.82) is 0 Å². The van der Waals surface area contributed by atoms with Gasteiger partial charge in [-0.3, -0.25) is 10.1 Å². The molecule has 0 aliphatic carbocycles. The summed E-state index contributed by atoms with van der Waals surface area (Å²) < 4.78 is 33.6. The summed E-state index contributed by atoms with van der Waals surface area (Å²) in [6.45, 7) is 2.33. The number of nitrogens with zero attached hydrogens (tertiary/aromatic N) is 2. The van der Waals surface area contributed by atoms with E-state index in [1.54, 1.807) is 0 Å². The van der Waals surface area contributed by atoms with Crippen molar-refractivity contribution in [3.63, 3.8) is 0 Å². The molecule has 4 N–H and O–H groups in total. The molecule has 8 nitrogen and oxygen atoms in total. The van der Waals surface area contributed by atoms with Crippen LogP contribution >= 0.6 is 0 Å². The quantitative estimate of drug-likeness (QED) is 0.261. The average Bonchev–Trinajstić information content (AvgIpc) is 3.08. The van der Waals surface area contributed by atoms with Crippen LogP contribution in [0, 0.1) is 11.8 Å². The predicted octanol–water partition coefficient (Wildman–Crippen LogP) is 1.89. The van der Waals surface area contributed by atoms with Crippen LogP contribution in [0.4, 0.5) is 8.78 Å². The topological polar surface area (TPSA) is 119 Å². The summed E-state index contributed by atoms with van der Waals surface area (Å²) in [5, 5.41) is 5.40. The lowest BCUT2D eigenvalue weighted by atomic mass is 9.81. The van der Waals surface area contributed by atoms with Gasteiger partial charge in [0.15, 0.2) is 11.5 Å². The fourth-order valence-corrected chi connectivity index (χ4v) is 3.28. The van der Waals surface area contributed by atoms with Gasteiger partial charge in [-0.15, -0.1) is 0 Å². The number of amides is 1. The summed E-state index contributed by atoms with van der Waals surface area (Å²) in [7, 11) is 1.21. The molecule has 0 radical (unpaired) electrons. The number of hydrogen-bond acceptors (Lipinski definition) is 7. The van der Waals surface area contributed by atoms with Crippen molar-refractivity contribution in [1.82, 2.24) is 15.6 Å². The van der Waals surface area contributed by atoms with Crippen molar-refractivity contribution in [2.24, 2.45) is 10.7 Å². The molecule has 32 heavy (non-hydrogen) atoms. The van der Waals surface area contributed by atoms with Crippen molar-refractivity contribution in [2.75, 3.05) is 13.7 Å². The smallest absolute Gasteiger partial charge is 0.330 e. The third kappa shape index (κ3) is 4.20. The van der Waals surface area contributed by atoms with Crippen molar-refractivity contribution >= 4 is 17.8 Å². The Bertz CT molecular complexity index is 1150. The van der Waals surface area contributed by atoms with Crippen LogP contribution in [0.3, 0.4) is 0 Å². The van der Waals surface area contributed by atoms with E-state index < -0.39 is 29.2 Å². The molecule has 0 spiro atoms. The van der Waals surface area contributed by atoms with Gasteiger partial charge in [-0.25, -0.2) is 19.2 Å². The predicted molar refractivity (Wildman–Crippen MR) is 114 cm³/mol. The Morgan fingerprint density at radius 3 is 2.69 bits per heavy atom. The van der Waals surface area contributed by atoms with E-state index in [0.29, 0.717) is 6.54 Å². The largest absolute Gasteiger partial charge is 0.466 e. The maximum Gasteiger partial charge on any atom is 0.330 e. The minimum atomic E-state index is -1.77. The van der Waals surface area contributed by atoms with Crippen molar-refractivity contribution in [3.05, 3.63) is 77.8 Å². The van der Waals surface area contributed by atoms with Gasteiger partial charge in [-0.2, -0.15) is 4.39 Å². The first-order chi connectivity index (χ1) is 15.3. The number of ether oxygens (including phenoxy) is 1. The number of aliphatic imine (C=N–C) groups is 1. The second-order valence-electron chi connectivity index (χ2n) is 6.71. The molecule has 1 aromatic carbocycles. The van der Waals surface area contributed by atoms with Crippen LogP contribution in [-0.2, 0) is 19.9 Å². The van der Waals surface area contributed by atoms with Crippen LogP contribution in [0.15, 0.2) is 65.4 Å². The Hall–Kier alpha value is -4.08. The normalized spacial score (nSPS) is 18.4. The van der Waals surface area contributed by atoms with E-state index in [-0.39, 0.29) is 28.2 Å². The van der Waals surface area contributed by atoms with E-state index in [0.717, 1.165) is 12.1 Å². The molecule has 1 aromatic heterocycles. The molecule has 1 amide bonds. The molecular weight excluding hydrogens is 420 g/mol. The number of nitrogens with two attached hydrogens (primary N) is 1. The fourth-order valence-electron chi connectivity index (χ4n) is 3.28. The number of methoxy groups -OCH3 is 1.